The lowest BCUT2D eigenvalue weighted by Gasteiger charge is -2.12. The van der Waals surface area contributed by atoms with E-state index in [1.807, 2.05) is 0 Å². The molecule has 0 bridgehead atoms. The van der Waals surface area contributed by atoms with Crippen molar-refractivity contribution in [2.24, 2.45) is 0 Å². The van der Waals surface area contributed by atoms with Crippen LogP contribution in [0.3, 0.4) is 0 Å². The molecule has 1 amide bonds. The fraction of sp³-hybridized carbons (Fsp3) is 0.636. The van der Waals surface area contributed by atoms with Crippen molar-refractivity contribution in [3.8, 4) is 0 Å². The number of carbonyl (C=O) groups is 1. The van der Waals surface area contributed by atoms with E-state index >= 15 is 0 Å². The van der Waals surface area contributed by atoms with Crippen molar-refractivity contribution in [1.82, 2.24) is 15.1 Å². The van der Waals surface area contributed by atoms with Crippen LogP contribution >= 0.6 is 0 Å². The number of rotatable bonds is 4. The Labute approximate surface area is 104 Å². The standard InChI is InChI=1S/C11H16N4O3/c1-8-10(15(17)18)6-12-14(8)7-11(16)13-9-4-2-3-5-9/h6,9H,2-5,7H2,1H3,(H,13,16). The molecule has 18 heavy (non-hydrogen) atoms. The second kappa shape index (κ2) is 5.16. The molecule has 1 aromatic rings. The Morgan fingerprint density at radius 3 is 2.83 bits per heavy atom. The Hall–Kier alpha value is -1.92. The van der Waals surface area contributed by atoms with Crippen molar-refractivity contribution in [1.29, 1.82) is 0 Å². The first kappa shape index (κ1) is 12.5. The van der Waals surface area contributed by atoms with E-state index < -0.39 is 4.92 Å². The predicted molar refractivity (Wildman–Crippen MR) is 64.0 cm³/mol. The third-order valence-corrected chi connectivity index (χ3v) is 3.29. The van der Waals surface area contributed by atoms with Crippen LogP contribution in [0.1, 0.15) is 31.4 Å². The Morgan fingerprint density at radius 2 is 2.28 bits per heavy atom. The van der Waals surface area contributed by atoms with E-state index in [4.69, 9.17) is 0 Å². The van der Waals surface area contributed by atoms with E-state index in [9.17, 15) is 14.9 Å². The number of nitro groups is 1. The van der Waals surface area contributed by atoms with Gasteiger partial charge in [-0.3, -0.25) is 19.6 Å². The smallest absolute Gasteiger partial charge is 0.309 e. The van der Waals surface area contributed by atoms with Gasteiger partial charge in [-0.05, 0) is 19.8 Å². The van der Waals surface area contributed by atoms with Gasteiger partial charge in [-0.15, -0.1) is 0 Å². The monoisotopic (exact) mass is 252 g/mol. The van der Waals surface area contributed by atoms with E-state index in [0.717, 1.165) is 25.7 Å². The zero-order chi connectivity index (χ0) is 13.1. The van der Waals surface area contributed by atoms with Crippen molar-refractivity contribution < 1.29 is 9.72 Å². The summed E-state index contributed by atoms with van der Waals surface area (Å²) in [5.74, 6) is -0.136. The van der Waals surface area contributed by atoms with Crippen molar-refractivity contribution in [2.45, 2.75) is 45.2 Å². The quantitative estimate of drug-likeness (QED) is 0.643. The number of amides is 1. The second-order valence-corrected chi connectivity index (χ2v) is 4.58. The topological polar surface area (TPSA) is 90.1 Å². The average Bonchev–Trinajstić information content (AvgIpc) is 2.90. The summed E-state index contributed by atoms with van der Waals surface area (Å²) in [5, 5.41) is 17.4. The second-order valence-electron chi connectivity index (χ2n) is 4.58. The van der Waals surface area contributed by atoms with Crippen LogP contribution in [-0.2, 0) is 11.3 Å². The molecule has 0 spiro atoms. The fourth-order valence-electron chi connectivity index (χ4n) is 2.25. The van der Waals surface area contributed by atoms with Gasteiger partial charge >= 0.3 is 5.69 Å². The largest absolute Gasteiger partial charge is 0.352 e. The van der Waals surface area contributed by atoms with Gasteiger partial charge in [-0.25, -0.2) is 0 Å². The Balaban J connectivity index is 1.96. The minimum absolute atomic E-state index is 0.0379. The van der Waals surface area contributed by atoms with Crippen LogP contribution in [0.2, 0.25) is 0 Å². The maximum Gasteiger partial charge on any atom is 0.309 e. The summed E-state index contributed by atoms with van der Waals surface area (Å²) in [7, 11) is 0. The Kier molecular flexibility index (Phi) is 3.59. The van der Waals surface area contributed by atoms with Gasteiger partial charge in [0.25, 0.3) is 0 Å². The van der Waals surface area contributed by atoms with Gasteiger partial charge < -0.3 is 5.32 Å². The number of hydrogen-bond acceptors (Lipinski definition) is 4. The highest BCUT2D eigenvalue weighted by Crippen LogP contribution is 2.18. The summed E-state index contributed by atoms with van der Waals surface area (Å²) in [4.78, 5) is 21.9. The van der Waals surface area contributed by atoms with Gasteiger partial charge in [-0.1, -0.05) is 12.8 Å². The minimum Gasteiger partial charge on any atom is -0.352 e. The molecule has 1 aliphatic rings. The van der Waals surface area contributed by atoms with E-state index in [1.54, 1.807) is 6.92 Å². The van der Waals surface area contributed by atoms with Crippen LogP contribution in [0.4, 0.5) is 5.69 Å². The molecule has 0 atom stereocenters. The zero-order valence-corrected chi connectivity index (χ0v) is 10.3. The van der Waals surface area contributed by atoms with Crippen molar-refractivity contribution in [3.05, 3.63) is 22.0 Å². The number of nitrogens with one attached hydrogen (secondary N) is 1. The molecule has 98 valence electrons. The zero-order valence-electron chi connectivity index (χ0n) is 10.3. The first-order valence-corrected chi connectivity index (χ1v) is 6.04. The lowest BCUT2D eigenvalue weighted by Crippen LogP contribution is -2.35. The number of hydrogen-bond donors (Lipinski definition) is 1. The lowest BCUT2D eigenvalue weighted by atomic mass is 10.2. The van der Waals surface area contributed by atoms with E-state index in [1.165, 1.54) is 10.9 Å². The lowest BCUT2D eigenvalue weighted by molar-refractivity contribution is -0.385. The highest BCUT2D eigenvalue weighted by molar-refractivity contribution is 5.76. The summed E-state index contributed by atoms with van der Waals surface area (Å²) in [6.45, 7) is 1.63. The van der Waals surface area contributed by atoms with Crippen LogP contribution < -0.4 is 5.32 Å². The summed E-state index contributed by atoms with van der Waals surface area (Å²) in [6, 6.07) is 0.253. The molecule has 0 aliphatic heterocycles. The third-order valence-electron chi connectivity index (χ3n) is 3.29. The molecule has 0 radical (unpaired) electrons. The van der Waals surface area contributed by atoms with Gasteiger partial charge in [0.15, 0.2) is 0 Å². The summed E-state index contributed by atoms with van der Waals surface area (Å²) in [6.07, 6.45) is 5.51. The van der Waals surface area contributed by atoms with E-state index in [-0.39, 0.29) is 24.2 Å². The maximum atomic E-state index is 11.8. The third kappa shape index (κ3) is 2.66. The molecular weight excluding hydrogens is 236 g/mol. The Morgan fingerprint density at radius 1 is 1.61 bits per heavy atom. The van der Waals surface area contributed by atoms with Gasteiger partial charge in [0.05, 0.1) is 4.92 Å². The average molecular weight is 252 g/mol. The molecule has 1 aliphatic carbocycles. The van der Waals surface area contributed by atoms with Crippen LogP contribution in [0.15, 0.2) is 6.20 Å². The first-order chi connectivity index (χ1) is 8.58. The molecule has 7 heteroatoms. The number of carbonyl (C=O) groups excluding carboxylic acids is 1. The summed E-state index contributed by atoms with van der Waals surface area (Å²) >= 11 is 0. The maximum absolute atomic E-state index is 11.8. The minimum atomic E-state index is -0.492. The predicted octanol–water partition coefficient (Wildman–Crippen LogP) is 1.16. The van der Waals surface area contributed by atoms with Gasteiger partial charge in [0, 0.05) is 6.04 Å². The summed E-state index contributed by atoms with van der Waals surface area (Å²) < 4.78 is 1.36. The molecule has 7 nitrogen and oxygen atoms in total. The first-order valence-electron chi connectivity index (χ1n) is 6.04. The molecule has 1 heterocycles. The van der Waals surface area contributed by atoms with Crippen molar-refractivity contribution in [3.63, 3.8) is 0 Å². The van der Waals surface area contributed by atoms with E-state index in [2.05, 4.69) is 10.4 Å². The SMILES string of the molecule is Cc1c([N+](=O)[O-])cnn1CC(=O)NC1CCCC1. The molecule has 1 aromatic heterocycles. The van der Waals surface area contributed by atoms with Crippen LogP contribution in [0.5, 0.6) is 0 Å². The molecule has 0 aromatic carbocycles. The number of nitrogens with zero attached hydrogens (tertiary/aromatic N) is 3. The van der Waals surface area contributed by atoms with Crippen molar-refractivity contribution in [2.75, 3.05) is 0 Å². The highest BCUT2D eigenvalue weighted by Gasteiger charge is 2.20. The molecule has 1 saturated carbocycles. The molecular formula is C11H16N4O3. The molecule has 2 rings (SSSR count). The number of aromatic nitrogens is 2. The van der Waals surface area contributed by atoms with E-state index in [0.29, 0.717) is 5.69 Å². The molecule has 0 saturated heterocycles. The van der Waals surface area contributed by atoms with Crippen molar-refractivity contribution >= 4 is 11.6 Å². The fourth-order valence-corrected chi connectivity index (χ4v) is 2.25. The van der Waals surface area contributed by atoms with Crippen LogP contribution in [0.25, 0.3) is 0 Å². The molecule has 1 fully saturated rings. The van der Waals surface area contributed by atoms with Gasteiger partial charge in [0.2, 0.25) is 5.91 Å². The van der Waals surface area contributed by atoms with Gasteiger partial charge in [0.1, 0.15) is 18.4 Å². The highest BCUT2D eigenvalue weighted by atomic mass is 16.6. The Bertz CT molecular complexity index is 463. The summed E-state index contributed by atoms with van der Waals surface area (Å²) in [5.41, 5.74) is 0.352. The van der Waals surface area contributed by atoms with Crippen LogP contribution in [0, 0.1) is 17.0 Å². The molecule has 1 N–H and O–H groups in total. The normalized spacial score (nSPS) is 15.8. The molecule has 0 unspecified atom stereocenters. The van der Waals surface area contributed by atoms with Crippen LogP contribution in [-0.4, -0.2) is 26.7 Å². The van der Waals surface area contributed by atoms with Gasteiger partial charge in [-0.2, -0.15) is 5.10 Å².